The van der Waals surface area contributed by atoms with Crippen LogP contribution in [0.1, 0.15) is 30.9 Å². The minimum atomic E-state index is -3.45. The monoisotopic (exact) mass is 389 g/mol. The molecule has 0 fully saturated rings. The van der Waals surface area contributed by atoms with Crippen LogP contribution in [0, 0.1) is 0 Å². The van der Waals surface area contributed by atoms with Gasteiger partial charge in [0.2, 0.25) is 10.0 Å². The van der Waals surface area contributed by atoms with Gasteiger partial charge >= 0.3 is 0 Å². The molecule has 5 nitrogen and oxygen atoms in total. The Morgan fingerprint density at radius 3 is 2.26 bits per heavy atom. The number of ether oxygens (including phenoxy) is 2. The summed E-state index contributed by atoms with van der Waals surface area (Å²) in [5, 5.41) is 0. The Balaban J connectivity index is 2.64. The van der Waals surface area contributed by atoms with E-state index >= 15 is 0 Å². The number of sulfonamides is 1. The van der Waals surface area contributed by atoms with Crippen LogP contribution in [0.4, 0.5) is 0 Å². The summed E-state index contributed by atoms with van der Waals surface area (Å²) in [6.07, 6.45) is 4.79. The maximum atomic E-state index is 12.5. The zero-order valence-corrected chi connectivity index (χ0v) is 17.1. The molecule has 0 radical (unpaired) electrons. The van der Waals surface area contributed by atoms with Crippen LogP contribution < -0.4 is 9.47 Å². The predicted octanol–water partition coefficient (Wildman–Crippen LogP) is 4.26. The van der Waals surface area contributed by atoms with E-state index in [2.05, 4.69) is 0 Å². The van der Waals surface area contributed by atoms with E-state index in [1.165, 1.54) is 10.6 Å². The molecule has 2 rings (SSSR count). The summed E-state index contributed by atoms with van der Waals surface area (Å²) in [6, 6.07) is 15.1. The van der Waals surface area contributed by atoms with E-state index in [0.29, 0.717) is 23.7 Å². The van der Waals surface area contributed by atoms with Crippen molar-refractivity contribution in [2.75, 3.05) is 27.0 Å². The van der Waals surface area contributed by atoms with Gasteiger partial charge in [-0.25, -0.2) is 8.42 Å². The van der Waals surface area contributed by atoms with Gasteiger partial charge in [-0.3, -0.25) is 4.31 Å². The minimum absolute atomic E-state index is 0.419. The van der Waals surface area contributed by atoms with Crippen molar-refractivity contribution in [3.8, 4) is 11.5 Å². The van der Waals surface area contributed by atoms with Crippen molar-refractivity contribution >= 4 is 21.8 Å². The van der Waals surface area contributed by atoms with E-state index in [1.807, 2.05) is 49.4 Å². The van der Waals surface area contributed by atoms with Crippen LogP contribution in [0.3, 0.4) is 0 Å². The number of hydrogen-bond acceptors (Lipinski definition) is 4. The number of unbranched alkanes of at least 4 members (excludes halogenated alkanes) is 1. The summed E-state index contributed by atoms with van der Waals surface area (Å²) in [4.78, 5) is 0. The van der Waals surface area contributed by atoms with E-state index in [9.17, 15) is 8.42 Å². The molecule has 0 aliphatic rings. The van der Waals surface area contributed by atoms with Crippen LogP contribution in [0.2, 0.25) is 0 Å². The van der Waals surface area contributed by atoms with Crippen molar-refractivity contribution in [3.63, 3.8) is 0 Å². The third-order valence-corrected chi connectivity index (χ3v) is 5.35. The molecule has 146 valence electrons. The molecule has 0 spiro atoms. The number of methoxy groups -OCH3 is 2. The Labute approximate surface area is 162 Å². The second kappa shape index (κ2) is 9.46. The second-order valence-electron chi connectivity index (χ2n) is 6.20. The quantitative estimate of drug-likeness (QED) is 0.601. The first-order valence-corrected chi connectivity index (χ1v) is 10.7. The van der Waals surface area contributed by atoms with Crippen LogP contribution in [0.25, 0.3) is 11.8 Å². The third kappa shape index (κ3) is 5.50. The smallest absolute Gasteiger partial charge is 0.232 e. The number of rotatable bonds is 9. The van der Waals surface area contributed by atoms with E-state index in [0.717, 1.165) is 24.0 Å². The van der Waals surface area contributed by atoms with E-state index in [-0.39, 0.29) is 0 Å². The summed E-state index contributed by atoms with van der Waals surface area (Å²) >= 11 is 0. The van der Waals surface area contributed by atoms with Gasteiger partial charge in [0, 0.05) is 12.1 Å². The third-order valence-electron chi connectivity index (χ3n) is 4.17. The summed E-state index contributed by atoms with van der Waals surface area (Å²) in [7, 11) is -0.312. The summed E-state index contributed by atoms with van der Waals surface area (Å²) in [5.74, 6) is 1.15. The van der Waals surface area contributed by atoms with Gasteiger partial charge in [-0.15, -0.1) is 0 Å². The topological polar surface area (TPSA) is 55.8 Å². The first-order chi connectivity index (χ1) is 12.9. The van der Waals surface area contributed by atoms with Crippen LogP contribution in [-0.4, -0.2) is 39.7 Å². The SMILES string of the molecule is CCCCN(/C(=C/c1ccccc1)c1ccc(OC)c(OC)c1)S(C)(=O)=O. The van der Waals surface area contributed by atoms with Gasteiger partial charge in [-0.2, -0.15) is 0 Å². The van der Waals surface area contributed by atoms with Crippen LogP contribution in [-0.2, 0) is 10.0 Å². The lowest BCUT2D eigenvalue weighted by molar-refractivity contribution is 0.355. The lowest BCUT2D eigenvalue weighted by atomic mass is 10.1. The Hall–Kier alpha value is -2.47. The molecule has 0 bridgehead atoms. The highest BCUT2D eigenvalue weighted by atomic mass is 32.2. The van der Waals surface area contributed by atoms with E-state index in [4.69, 9.17) is 9.47 Å². The molecule has 0 saturated carbocycles. The second-order valence-corrected chi connectivity index (χ2v) is 8.11. The highest BCUT2D eigenvalue weighted by Crippen LogP contribution is 2.33. The van der Waals surface area contributed by atoms with Crippen molar-refractivity contribution in [1.29, 1.82) is 0 Å². The fourth-order valence-corrected chi connectivity index (χ4v) is 3.74. The van der Waals surface area contributed by atoms with Crippen molar-refractivity contribution in [3.05, 3.63) is 59.7 Å². The largest absolute Gasteiger partial charge is 0.493 e. The molecule has 0 atom stereocenters. The average molecular weight is 390 g/mol. The average Bonchev–Trinajstić information content (AvgIpc) is 2.66. The fourth-order valence-electron chi connectivity index (χ4n) is 2.77. The summed E-state index contributed by atoms with van der Waals surface area (Å²) < 4.78 is 37.3. The number of nitrogens with zero attached hydrogens (tertiary/aromatic N) is 1. The van der Waals surface area contributed by atoms with Crippen LogP contribution in [0.5, 0.6) is 11.5 Å². The number of hydrogen-bond donors (Lipinski definition) is 0. The molecule has 0 N–H and O–H groups in total. The standard InChI is InChI=1S/C21H27NO4S/c1-5-6-14-22(27(4,23)24)19(15-17-10-8-7-9-11-17)18-12-13-20(25-2)21(16-18)26-3/h7-13,15-16H,5-6,14H2,1-4H3/b19-15+. The Morgan fingerprint density at radius 2 is 1.70 bits per heavy atom. The molecule has 0 saturated heterocycles. The highest BCUT2D eigenvalue weighted by Gasteiger charge is 2.22. The van der Waals surface area contributed by atoms with Crippen molar-refractivity contribution < 1.29 is 17.9 Å². The lowest BCUT2D eigenvalue weighted by Gasteiger charge is -2.26. The summed E-state index contributed by atoms with van der Waals surface area (Å²) in [5.41, 5.74) is 2.28. The Morgan fingerprint density at radius 1 is 1.04 bits per heavy atom. The molecule has 0 heterocycles. The Bertz CT molecular complexity index is 876. The maximum Gasteiger partial charge on any atom is 0.232 e. The van der Waals surface area contributed by atoms with Gasteiger partial charge in [0.25, 0.3) is 0 Å². The molecule has 0 unspecified atom stereocenters. The van der Waals surface area contributed by atoms with Gasteiger partial charge in [-0.05, 0) is 36.3 Å². The molecule has 0 aromatic heterocycles. The van der Waals surface area contributed by atoms with Gasteiger partial charge in [0.05, 0.1) is 26.2 Å². The van der Waals surface area contributed by atoms with Gasteiger partial charge in [0.15, 0.2) is 11.5 Å². The normalized spacial score (nSPS) is 11.9. The maximum absolute atomic E-state index is 12.5. The molecular weight excluding hydrogens is 362 g/mol. The van der Waals surface area contributed by atoms with Crippen LogP contribution >= 0.6 is 0 Å². The molecule has 0 aliphatic heterocycles. The molecule has 2 aromatic rings. The Kier molecular flexibility index (Phi) is 7.30. The fraction of sp³-hybridized carbons (Fsp3) is 0.333. The van der Waals surface area contributed by atoms with Gasteiger partial charge in [-0.1, -0.05) is 43.7 Å². The number of benzene rings is 2. The van der Waals surface area contributed by atoms with E-state index in [1.54, 1.807) is 26.4 Å². The van der Waals surface area contributed by atoms with Crippen molar-refractivity contribution in [1.82, 2.24) is 4.31 Å². The predicted molar refractivity (Wildman–Crippen MR) is 110 cm³/mol. The summed E-state index contributed by atoms with van der Waals surface area (Å²) in [6.45, 7) is 2.46. The first kappa shape index (κ1) is 20.8. The van der Waals surface area contributed by atoms with E-state index < -0.39 is 10.0 Å². The van der Waals surface area contributed by atoms with Gasteiger partial charge in [0.1, 0.15) is 0 Å². The minimum Gasteiger partial charge on any atom is -0.493 e. The van der Waals surface area contributed by atoms with Crippen molar-refractivity contribution in [2.45, 2.75) is 19.8 Å². The molecule has 0 aliphatic carbocycles. The molecule has 27 heavy (non-hydrogen) atoms. The molecule has 0 amide bonds. The lowest BCUT2D eigenvalue weighted by Crippen LogP contribution is -2.29. The first-order valence-electron chi connectivity index (χ1n) is 8.87. The molecule has 6 heteroatoms. The zero-order chi connectivity index (χ0) is 19.9. The van der Waals surface area contributed by atoms with Crippen molar-refractivity contribution in [2.24, 2.45) is 0 Å². The van der Waals surface area contributed by atoms with Crippen LogP contribution in [0.15, 0.2) is 48.5 Å². The highest BCUT2D eigenvalue weighted by molar-refractivity contribution is 7.88. The molecule has 2 aromatic carbocycles. The zero-order valence-electron chi connectivity index (χ0n) is 16.3. The van der Waals surface area contributed by atoms with Gasteiger partial charge < -0.3 is 9.47 Å². The molecular formula is C21H27NO4S.